The van der Waals surface area contributed by atoms with Crippen LogP contribution in [0.15, 0.2) is 11.4 Å². The van der Waals surface area contributed by atoms with Gasteiger partial charge in [-0.3, -0.25) is 4.79 Å². The quantitative estimate of drug-likeness (QED) is 0.580. The summed E-state index contributed by atoms with van der Waals surface area (Å²) in [6.07, 6.45) is 3.21. The Labute approximate surface area is 85.6 Å². The number of carbonyl (C=O) groups is 1. The lowest BCUT2D eigenvalue weighted by Gasteiger charge is -2.03. The van der Waals surface area contributed by atoms with E-state index in [1.807, 2.05) is 12.3 Å². The molecule has 0 spiro atoms. The molecule has 0 aromatic carbocycles. The molecule has 0 unspecified atom stereocenters. The summed E-state index contributed by atoms with van der Waals surface area (Å²) in [5.41, 5.74) is 0.262. The lowest BCUT2D eigenvalue weighted by atomic mass is 10.3. The minimum Gasteiger partial charge on any atom is -0.310 e. The van der Waals surface area contributed by atoms with Crippen molar-refractivity contribution in [2.45, 2.75) is 12.1 Å². The molecule has 14 heavy (non-hydrogen) atoms. The van der Waals surface area contributed by atoms with Crippen molar-refractivity contribution >= 4 is 23.5 Å². The summed E-state index contributed by atoms with van der Waals surface area (Å²) < 4.78 is 0. The average molecular weight is 208 g/mol. The number of nitrogens with one attached hydrogen (secondary N) is 1. The fourth-order valence-electron chi connectivity index (χ4n) is 0.808. The van der Waals surface area contributed by atoms with Gasteiger partial charge < -0.3 is 5.32 Å². The topological polar surface area (TPSA) is 78.7 Å². The van der Waals surface area contributed by atoms with E-state index >= 15 is 0 Å². The third kappa shape index (κ3) is 2.44. The zero-order valence-corrected chi connectivity index (χ0v) is 8.55. The van der Waals surface area contributed by atoms with Gasteiger partial charge in [-0.1, -0.05) is 11.8 Å². The summed E-state index contributed by atoms with van der Waals surface area (Å²) in [7, 11) is 0. The monoisotopic (exact) mass is 208 g/mol. The van der Waals surface area contributed by atoms with E-state index in [9.17, 15) is 4.79 Å². The van der Waals surface area contributed by atoms with Crippen LogP contribution in [0.5, 0.6) is 0 Å². The molecule has 1 amide bonds. The molecule has 1 aromatic rings. The number of hydrogen-bond acceptors (Lipinski definition) is 5. The number of rotatable bonds is 2. The molecule has 1 aromatic heterocycles. The maximum atomic E-state index is 10.8. The van der Waals surface area contributed by atoms with E-state index in [0.29, 0.717) is 5.16 Å². The minimum atomic E-state index is -0.257. The van der Waals surface area contributed by atoms with E-state index < -0.39 is 0 Å². The van der Waals surface area contributed by atoms with Crippen LogP contribution in [0, 0.1) is 11.3 Å². The van der Waals surface area contributed by atoms with Crippen molar-refractivity contribution in [2.24, 2.45) is 0 Å². The minimum absolute atomic E-state index is 0.257. The molecule has 72 valence electrons. The summed E-state index contributed by atoms with van der Waals surface area (Å²) >= 11 is 1.35. The van der Waals surface area contributed by atoms with Crippen LogP contribution < -0.4 is 5.32 Å². The van der Waals surface area contributed by atoms with Crippen LogP contribution in [0.1, 0.15) is 12.5 Å². The molecule has 0 radical (unpaired) electrons. The van der Waals surface area contributed by atoms with Gasteiger partial charge in [-0.2, -0.15) is 5.26 Å². The molecule has 0 aliphatic rings. The maximum Gasteiger partial charge on any atom is 0.222 e. The highest BCUT2D eigenvalue weighted by atomic mass is 32.2. The molecule has 1 heterocycles. The predicted octanol–water partition coefficient (Wildman–Crippen LogP) is 1.03. The second-order valence-electron chi connectivity index (χ2n) is 2.41. The molecule has 0 aliphatic carbocycles. The summed E-state index contributed by atoms with van der Waals surface area (Å²) in [5, 5.41) is 11.7. The standard InChI is InChI=1S/C8H8N4OS/c1-5(13)11-7-6(3-9)4-10-8(12-7)14-2/h4H,1-2H3,(H,10,11,12,13). The Morgan fingerprint density at radius 3 is 2.93 bits per heavy atom. The fourth-order valence-corrected chi connectivity index (χ4v) is 1.15. The van der Waals surface area contributed by atoms with Crippen LogP contribution in [-0.2, 0) is 4.79 Å². The number of anilines is 1. The van der Waals surface area contributed by atoms with Crippen molar-refractivity contribution in [3.05, 3.63) is 11.8 Å². The van der Waals surface area contributed by atoms with Crippen LogP contribution in [-0.4, -0.2) is 22.1 Å². The number of carbonyl (C=O) groups excluding carboxylic acids is 1. The van der Waals surface area contributed by atoms with E-state index in [4.69, 9.17) is 5.26 Å². The zero-order valence-electron chi connectivity index (χ0n) is 7.74. The Kier molecular flexibility index (Phi) is 3.42. The second-order valence-corrected chi connectivity index (χ2v) is 3.19. The highest BCUT2D eigenvalue weighted by Gasteiger charge is 2.07. The number of hydrogen-bond donors (Lipinski definition) is 1. The molecule has 6 heteroatoms. The summed E-state index contributed by atoms with van der Waals surface area (Å²) in [6.45, 7) is 1.36. The van der Waals surface area contributed by atoms with Crippen LogP contribution in [0.4, 0.5) is 5.82 Å². The van der Waals surface area contributed by atoms with Gasteiger partial charge in [-0.25, -0.2) is 9.97 Å². The van der Waals surface area contributed by atoms with Crippen LogP contribution in [0.2, 0.25) is 0 Å². The number of amides is 1. The van der Waals surface area contributed by atoms with Gasteiger partial charge in [0.05, 0.1) is 6.20 Å². The average Bonchev–Trinajstić information content (AvgIpc) is 2.16. The number of aromatic nitrogens is 2. The van der Waals surface area contributed by atoms with Gasteiger partial charge in [-0.15, -0.1) is 0 Å². The van der Waals surface area contributed by atoms with E-state index in [1.165, 1.54) is 24.9 Å². The van der Waals surface area contributed by atoms with Gasteiger partial charge in [0.25, 0.3) is 0 Å². The zero-order chi connectivity index (χ0) is 10.6. The van der Waals surface area contributed by atoms with Crippen molar-refractivity contribution in [2.75, 3.05) is 11.6 Å². The lowest BCUT2D eigenvalue weighted by Crippen LogP contribution is -2.10. The van der Waals surface area contributed by atoms with Crippen LogP contribution in [0.3, 0.4) is 0 Å². The molecule has 0 saturated heterocycles. The predicted molar refractivity (Wildman–Crippen MR) is 52.8 cm³/mol. The lowest BCUT2D eigenvalue weighted by molar-refractivity contribution is -0.114. The summed E-state index contributed by atoms with van der Waals surface area (Å²) in [6, 6.07) is 1.90. The molecule has 0 fully saturated rings. The van der Waals surface area contributed by atoms with Gasteiger partial charge in [0.15, 0.2) is 11.0 Å². The third-order valence-electron chi connectivity index (χ3n) is 1.36. The van der Waals surface area contributed by atoms with Crippen molar-refractivity contribution in [3.8, 4) is 6.07 Å². The van der Waals surface area contributed by atoms with Gasteiger partial charge >= 0.3 is 0 Å². The molecule has 0 atom stereocenters. The largest absolute Gasteiger partial charge is 0.310 e. The second kappa shape index (κ2) is 4.58. The number of nitrogens with zero attached hydrogens (tertiary/aromatic N) is 3. The Balaban J connectivity index is 3.09. The molecule has 1 rings (SSSR count). The van der Waals surface area contributed by atoms with Crippen molar-refractivity contribution in [3.63, 3.8) is 0 Å². The first-order chi connectivity index (χ1) is 6.67. The van der Waals surface area contributed by atoms with E-state index in [0.717, 1.165) is 0 Å². The Morgan fingerprint density at radius 1 is 1.71 bits per heavy atom. The van der Waals surface area contributed by atoms with E-state index in [-0.39, 0.29) is 17.3 Å². The molecule has 5 nitrogen and oxygen atoms in total. The van der Waals surface area contributed by atoms with Gasteiger partial charge in [0.1, 0.15) is 11.6 Å². The first-order valence-electron chi connectivity index (χ1n) is 3.76. The van der Waals surface area contributed by atoms with Crippen molar-refractivity contribution in [1.29, 1.82) is 5.26 Å². The van der Waals surface area contributed by atoms with E-state index in [2.05, 4.69) is 15.3 Å². The fraction of sp³-hybridized carbons (Fsp3) is 0.250. The van der Waals surface area contributed by atoms with Gasteiger partial charge in [-0.05, 0) is 6.26 Å². The summed E-state index contributed by atoms with van der Waals surface area (Å²) in [4.78, 5) is 18.7. The molecular formula is C8H8N4OS. The summed E-state index contributed by atoms with van der Waals surface area (Å²) in [5.74, 6) is 0.00611. The third-order valence-corrected chi connectivity index (χ3v) is 1.93. The van der Waals surface area contributed by atoms with E-state index in [1.54, 1.807) is 0 Å². The van der Waals surface area contributed by atoms with Crippen LogP contribution in [0.25, 0.3) is 0 Å². The molecule has 0 bridgehead atoms. The van der Waals surface area contributed by atoms with Gasteiger partial charge in [0, 0.05) is 6.92 Å². The highest BCUT2D eigenvalue weighted by molar-refractivity contribution is 7.98. The van der Waals surface area contributed by atoms with Crippen LogP contribution >= 0.6 is 11.8 Å². The Morgan fingerprint density at radius 2 is 2.43 bits per heavy atom. The first-order valence-corrected chi connectivity index (χ1v) is 4.98. The molecule has 0 aliphatic heterocycles. The molecule has 0 saturated carbocycles. The maximum absolute atomic E-state index is 10.8. The normalized spacial score (nSPS) is 9.21. The SMILES string of the molecule is CSc1ncc(C#N)c(NC(C)=O)n1. The smallest absolute Gasteiger partial charge is 0.222 e. The van der Waals surface area contributed by atoms with Gasteiger partial charge in [0.2, 0.25) is 5.91 Å². The molecular weight excluding hydrogens is 200 g/mol. The molecule has 1 N–H and O–H groups in total. The first kappa shape index (κ1) is 10.5. The van der Waals surface area contributed by atoms with Crippen molar-refractivity contribution in [1.82, 2.24) is 9.97 Å². The highest BCUT2D eigenvalue weighted by Crippen LogP contribution is 2.15. The number of nitriles is 1. The van der Waals surface area contributed by atoms with Crippen molar-refractivity contribution < 1.29 is 4.79 Å². The Bertz CT molecular complexity index is 399. The number of thioether (sulfide) groups is 1. The Hall–Kier alpha value is -1.61.